The molecule has 1 aromatic carbocycles. The number of carbonyl (C=O) groups is 1. The van der Waals surface area contributed by atoms with E-state index in [1.54, 1.807) is 18.2 Å². The van der Waals surface area contributed by atoms with Gasteiger partial charge in [0.1, 0.15) is 0 Å². The molecule has 1 aliphatic heterocycles. The molecule has 1 saturated heterocycles. The third-order valence-electron chi connectivity index (χ3n) is 2.94. The Morgan fingerprint density at radius 3 is 2.39 bits per heavy atom. The van der Waals surface area contributed by atoms with Crippen LogP contribution in [-0.4, -0.2) is 28.8 Å². The van der Waals surface area contributed by atoms with Crippen molar-refractivity contribution in [2.45, 2.75) is 12.8 Å². The summed E-state index contributed by atoms with van der Waals surface area (Å²) in [6.07, 6.45) is 5.34. The van der Waals surface area contributed by atoms with E-state index in [-0.39, 0.29) is 11.6 Å². The highest BCUT2D eigenvalue weighted by Crippen LogP contribution is 2.13. The van der Waals surface area contributed by atoms with Crippen molar-refractivity contribution in [3.05, 3.63) is 46.0 Å². The predicted octanol–water partition coefficient (Wildman–Crippen LogP) is 2.23. The molecule has 1 heterocycles. The zero-order valence-corrected chi connectivity index (χ0v) is 9.91. The first-order valence-corrected chi connectivity index (χ1v) is 5.88. The topological polar surface area (TPSA) is 63.4 Å². The van der Waals surface area contributed by atoms with E-state index >= 15 is 0 Å². The number of non-ortho nitro benzene ring substituents is 1. The molecule has 2 rings (SSSR count). The molecule has 18 heavy (non-hydrogen) atoms. The van der Waals surface area contributed by atoms with Gasteiger partial charge in [-0.1, -0.05) is 0 Å². The molecule has 0 bridgehead atoms. The Hall–Kier alpha value is -2.17. The number of nitrogens with zero attached hydrogens (tertiary/aromatic N) is 2. The molecule has 0 radical (unpaired) electrons. The number of nitro groups is 1. The van der Waals surface area contributed by atoms with Crippen molar-refractivity contribution in [3.8, 4) is 0 Å². The summed E-state index contributed by atoms with van der Waals surface area (Å²) in [5.41, 5.74) is 0.839. The van der Waals surface area contributed by atoms with Gasteiger partial charge in [-0.2, -0.15) is 0 Å². The smallest absolute Gasteiger partial charge is 0.269 e. The lowest BCUT2D eigenvalue weighted by atomic mass is 10.2. The Morgan fingerprint density at radius 2 is 1.83 bits per heavy atom. The molecule has 1 aliphatic rings. The fourth-order valence-corrected chi connectivity index (χ4v) is 1.92. The molecule has 0 aliphatic carbocycles. The summed E-state index contributed by atoms with van der Waals surface area (Å²) >= 11 is 0. The molecule has 0 spiro atoms. The van der Waals surface area contributed by atoms with Gasteiger partial charge in [0.05, 0.1) is 4.92 Å². The number of rotatable bonds is 3. The van der Waals surface area contributed by atoms with Crippen LogP contribution in [0.3, 0.4) is 0 Å². The highest BCUT2D eigenvalue weighted by molar-refractivity contribution is 5.91. The Labute approximate surface area is 105 Å². The highest BCUT2D eigenvalue weighted by Gasteiger charge is 2.14. The molecule has 0 atom stereocenters. The molecule has 5 nitrogen and oxygen atoms in total. The normalized spacial score (nSPS) is 15.2. The van der Waals surface area contributed by atoms with Gasteiger partial charge in [-0.25, -0.2) is 0 Å². The molecule has 1 aromatic rings. The molecule has 1 amide bonds. The summed E-state index contributed by atoms with van der Waals surface area (Å²) in [4.78, 5) is 23.6. The molecule has 0 aromatic heterocycles. The highest BCUT2D eigenvalue weighted by atomic mass is 16.6. The molecule has 94 valence electrons. The number of carbonyl (C=O) groups excluding carboxylic acids is 1. The lowest BCUT2D eigenvalue weighted by Gasteiger charge is -2.11. The van der Waals surface area contributed by atoms with Gasteiger partial charge in [0.15, 0.2) is 0 Å². The monoisotopic (exact) mass is 246 g/mol. The molecular weight excluding hydrogens is 232 g/mol. The van der Waals surface area contributed by atoms with Crippen LogP contribution in [0.15, 0.2) is 30.3 Å². The van der Waals surface area contributed by atoms with Gasteiger partial charge >= 0.3 is 0 Å². The molecule has 0 unspecified atom stereocenters. The molecule has 0 N–H and O–H groups in total. The van der Waals surface area contributed by atoms with Crippen molar-refractivity contribution in [1.82, 2.24) is 4.90 Å². The number of benzene rings is 1. The number of hydrogen-bond acceptors (Lipinski definition) is 3. The van der Waals surface area contributed by atoms with Crippen LogP contribution in [0.25, 0.3) is 6.08 Å². The van der Waals surface area contributed by atoms with Gasteiger partial charge in [0.2, 0.25) is 5.91 Å². The van der Waals surface area contributed by atoms with Crippen molar-refractivity contribution in [1.29, 1.82) is 0 Å². The molecular formula is C13H14N2O3. The van der Waals surface area contributed by atoms with Crippen LogP contribution < -0.4 is 0 Å². The van der Waals surface area contributed by atoms with E-state index in [2.05, 4.69) is 0 Å². The van der Waals surface area contributed by atoms with Gasteiger partial charge in [0.25, 0.3) is 5.69 Å². The van der Waals surface area contributed by atoms with Gasteiger partial charge in [-0.3, -0.25) is 14.9 Å². The maximum atomic E-state index is 11.7. The quantitative estimate of drug-likeness (QED) is 0.466. The van der Waals surface area contributed by atoms with E-state index in [0.29, 0.717) is 0 Å². The minimum atomic E-state index is -0.442. The average molecular weight is 246 g/mol. The number of amides is 1. The van der Waals surface area contributed by atoms with Gasteiger partial charge < -0.3 is 4.90 Å². The summed E-state index contributed by atoms with van der Waals surface area (Å²) < 4.78 is 0. The van der Waals surface area contributed by atoms with Crippen LogP contribution in [-0.2, 0) is 4.79 Å². The molecule has 0 saturated carbocycles. The molecule has 5 heteroatoms. The predicted molar refractivity (Wildman–Crippen MR) is 67.9 cm³/mol. The Kier molecular flexibility index (Phi) is 3.72. The number of nitro benzene ring substituents is 1. The Morgan fingerprint density at radius 1 is 1.22 bits per heavy atom. The summed E-state index contributed by atoms with van der Waals surface area (Å²) in [7, 11) is 0. The first-order valence-electron chi connectivity index (χ1n) is 5.88. The Balaban J connectivity index is 1.99. The molecule has 1 fully saturated rings. The zero-order chi connectivity index (χ0) is 13.0. The van der Waals surface area contributed by atoms with Crippen LogP contribution in [0, 0.1) is 10.1 Å². The first-order chi connectivity index (χ1) is 8.66. The second-order valence-corrected chi connectivity index (χ2v) is 4.21. The minimum absolute atomic E-state index is 0.00542. The van der Waals surface area contributed by atoms with Crippen molar-refractivity contribution >= 4 is 17.7 Å². The fraction of sp³-hybridized carbons (Fsp3) is 0.308. The van der Waals surface area contributed by atoms with Gasteiger partial charge in [-0.15, -0.1) is 0 Å². The second-order valence-electron chi connectivity index (χ2n) is 4.21. The largest absolute Gasteiger partial charge is 0.339 e. The third kappa shape index (κ3) is 2.94. The lowest BCUT2D eigenvalue weighted by molar-refractivity contribution is -0.384. The van der Waals surface area contributed by atoms with Crippen molar-refractivity contribution in [2.75, 3.05) is 13.1 Å². The second kappa shape index (κ2) is 5.44. The summed E-state index contributed by atoms with van der Waals surface area (Å²) in [5.74, 6) is 0.00542. The average Bonchev–Trinajstić information content (AvgIpc) is 2.90. The maximum Gasteiger partial charge on any atom is 0.269 e. The Bertz CT molecular complexity index is 474. The first kappa shape index (κ1) is 12.3. The summed E-state index contributed by atoms with van der Waals surface area (Å²) in [5, 5.41) is 10.5. The van der Waals surface area contributed by atoms with E-state index in [1.807, 2.05) is 4.90 Å². The fourth-order valence-electron chi connectivity index (χ4n) is 1.92. The summed E-state index contributed by atoms with van der Waals surface area (Å²) in [6, 6.07) is 6.12. The van der Waals surface area contributed by atoms with Crippen molar-refractivity contribution in [3.63, 3.8) is 0 Å². The van der Waals surface area contributed by atoms with E-state index in [4.69, 9.17) is 0 Å². The van der Waals surface area contributed by atoms with Crippen LogP contribution in [0.2, 0.25) is 0 Å². The van der Waals surface area contributed by atoms with Crippen LogP contribution in [0.1, 0.15) is 18.4 Å². The van der Waals surface area contributed by atoms with Crippen LogP contribution >= 0.6 is 0 Å². The van der Waals surface area contributed by atoms with E-state index in [1.165, 1.54) is 18.2 Å². The minimum Gasteiger partial charge on any atom is -0.339 e. The SMILES string of the molecule is O=C(/C=C\c1ccc([N+](=O)[O-])cc1)N1CCCC1. The van der Waals surface area contributed by atoms with E-state index in [9.17, 15) is 14.9 Å². The van der Waals surface area contributed by atoms with E-state index < -0.39 is 4.92 Å². The van der Waals surface area contributed by atoms with Crippen molar-refractivity contribution in [2.24, 2.45) is 0 Å². The number of hydrogen-bond donors (Lipinski definition) is 0. The lowest BCUT2D eigenvalue weighted by Crippen LogP contribution is -2.25. The van der Waals surface area contributed by atoms with Gasteiger partial charge in [0, 0.05) is 31.3 Å². The van der Waals surface area contributed by atoms with Crippen LogP contribution in [0.5, 0.6) is 0 Å². The summed E-state index contributed by atoms with van der Waals surface area (Å²) in [6.45, 7) is 1.65. The van der Waals surface area contributed by atoms with Crippen molar-refractivity contribution < 1.29 is 9.72 Å². The standard InChI is InChI=1S/C13H14N2O3/c16-13(14-9-1-2-10-14)8-5-11-3-6-12(7-4-11)15(17)18/h3-8H,1-2,9-10H2/b8-5-. The van der Waals surface area contributed by atoms with Crippen LogP contribution in [0.4, 0.5) is 5.69 Å². The zero-order valence-electron chi connectivity index (χ0n) is 9.91. The van der Waals surface area contributed by atoms with Gasteiger partial charge in [-0.05, 0) is 36.6 Å². The maximum absolute atomic E-state index is 11.7. The number of likely N-dealkylation sites (tertiary alicyclic amines) is 1. The third-order valence-corrected chi connectivity index (χ3v) is 2.94. The van der Waals surface area contributed by atoms with E-state index in [0.717, 1.165) is 31.5 Å².